The molecule has 1 amide bonds. The third-order valence-corrected chi connectivity index (χ3v) is 5.87. The molecule has 0 saturated heterocycles. The van der Waals surface area contributed by atoms with E-state index in [1.165, 1.54) is 11.8 Å². The molecule has 2 aromatic heterocycles. The van der Waals surface area contributed by atoms with Crippen LogP contribution >= 0.6 is 35.0 Å². The zero-order valence-electron chi connectivity index (χ0n) is 17.1. The van der Waals surface area contributed by atoms with Gasteiger partial charge in [-0.05, 0) is 51.1 Å². The summed E-state index contributed by atoms with van der Waals surface area (Å²) in [5.74, 6) is 0. The number of nitrogens with zero attached hydrogens (tertiary/aromatic N) is 4. The highest BCUT2D eigenvalue weighted by Crippen LogP contribution is 2.32. The average molecular weight is 465 g/mol. The fourth-order valence-electron chi connectivity index (χ4n) is 2.40. The zero-order chi connectivity index (χ0) is 21.9. The molecule has 30 heavy (non-hydrogen) atoms. The first-order valence-corrected chi connectivity index (χ1v) is 10.8. The Morgan fingerprint density at radius 1 is 1.20 bits per heavy atom. The Balaban J connectivity index is 1.87. The van der Waals surface area contributed by atoms with E-state index in [4.69, 9.17) is 27.9 Å². The molecule has 0 aliphatic carbocycles. The monoisotopic (exact) mass is 464 g/mol. The number of carbonyl (C=O) groups is 1. The Kier molecular flexibility index (Phi) is 6.95. The quantitative estimate of drug-likeness (QED) is 0.427. The molecule has 0 spiro atoms. The van der Waals surface area contributed by atoms with Gasteiger partial charge in [-0.1, -0.05) is 47.1 Å². The SMILES string of the molecule is CN(C(=O)OCc1cc(Sc2ccc(Cl)nc2)n(-c2ccccc2Cl)n1)C(C)(C)C. The topological polar surface area (TPSA) is 60.3 Å². The lowest BCUT2D eigenvalue weighted by Gasteiger charge is -2.30. The first-order chi connectivity index (χ1) is 14.1. The van der Waals surface area contributed by atoms with Crippen molar-refractivity contribution >= 4 is 41.1 Å². The van der Waals surface area contributed by atoms with Crippen molar-refractivity contribution in [1.29, 1.82) is 0 Å². The number of aromatic nitrogens is 3. The van der Waals surface area contributed by atoms with Crippen LogP contribution in [0.5, 0.6) is 0 Å². The van der Waals surface area contributed by atoms with Crippen molar-refractivity contribution in [3.8, 4) is 5.69 Å². The third-order valence-electron chi connectivity index (χ3n) is 4.35. The summed E-state index contributed by atoms with van der Waals surface area (Å²) >= 11 is 13.7. The summed E-state index contributed by atoms with van der Waals surface area (Å²) in [7, 11) is 1.71. The number of halogens is 2. The standard InChI is InChI=1S/C21H22Cl2N4O2S/c1-21(2,3)26(4)20(28)29-13-14-11-19(30-15-9-10-18(23)24-12-15)27(25-14)17-8-6-5-7-16(17)22/h5-12H,13H2,1-4H3. The summed E-state index contributed by atoms with van der Waals surface area (Å²) in [6.07, 6.45) is 1.28. The van der Waals surface area contributed by atoms with Crippen molar-refractivity contribution in [3.05, 3.63) is 64.5 Å². The van der Waals surface area contributed by atoms with Crippen molar-refractivity contribution < 1.29 is 9.53 Å². The molecule has 3 aromatic rings. The van der Waals surface area contributed by atoms with E-state index in [-0.39, 0.29) is 12.1 Å². The average Bonchev–Trinajstić information content (AvgIpc) is 3.09. The van der Waals surface area contributed by atoms with Crippen LogP contribution in [-0.2, 0) is 11.3 Å². The van der Waals surface area contributed by atoms with Crippen molar-refractivity contribution in [2.75, 3.05) is 7.05 Å². The van der Waals surface area contributed by atoms with E-state index in [0.717, 1.165) is 15.6 Å². The van der Waals surface area contributed by atoms with Crippen LogP contribution in [0.1, 0.15) is 26.5 Å². The fraction of sp³-hybridized carbons (Fsp3) is 0.286. The number of para-hydroxylation sites is 1. The fourth-order valence-corrected chi connectivity index (χ4v) is 3.63. The van der Waals surface area contributed by atoms with Gasteiger partial charge < -0.3 is 9.64 Å². The van der Waals surface area contributed by atoms with E-state index < -0.39 is 6.09 Å². The molecule has 0 aliphatic rings. The van der Waals surface area contributed by atoms with Crippen LogP contribution in [0, 0.1) is 0 Å². The molecule has 158 valence electrons. The van der Waals surface area contributed by atoms with Crippen molar-refractivity contribution in [2.24, 2.45) is 0 Å². The van der Waals surface area contributed by atoms with E-state index in [9.17, 15) is 4.79 Å². The smallest absolute Gasteiger partial charge is 0.410 e. The Morgan fingerprint density at radius 3 is 2.57 bits per heavy atom. The van der Waals surface area contributed by atoms with E-state index in [1.54, 1.807) is 35.0 Å². The molecule has 9 heteroatoms. The molecular formula is C21H22Cl2N4O2S. The summed E-state index contributed by atoms with van der Waals surface area (Å²) < 4.78 is 7.19. The van der Waals surface area contributed by atoms with Gasteiger partial charge in [0.15, 0.2) is 0 Å². The maximum Gasteiger partial charge on any atom is 0.410 e. The van der Waals surface area contributed by atoms with Crippen molar-refractivity contribution in [3.63, 3.8) is 0 Å². The summed E-state index contributed by atoms with van der Waals surface area (Å²) in [6.45, 7) is 5.86. The zero-order valence-corrected chi connectivity index (χ0v) is 19.4. The Hall–Kier alpha value is -2.22. The lowest BCUT2D eigenvalue weighted by molar-refractivity contribution is 0.0749. The Morgan fingerprint density at radius 2 is 1.93 bits per heavy atom. The first kappa shape index (κ1) is 22.5. The maximum absolute atomic E-state index is 12.3. The van der Waals surface area contributed by atoms with E-state index in [0.29, 0.717) is 15.9 Å². The number of rotatable bonds is 5. The number of hydrogen-bond acceptors (Lipinski definition) is 5. The minimum absolute atomic E-state index is 0.0448. The highest BCUT2D eigenvalue weighted by atomic mass is 35.5. The third kappa shape index (κ3) is 5.47. The van der Waals surface area contributed by atoms with Crippen LogP contribution in [0.25, 0.3) is 5.69 Å². The number of pyridine rings is 1. The maximum atomic E-state index is 12.3. The molecule has 0 N–H and O–H groups in total. The van der Waals surface area contributed by atoms with Crippen LogP contribution in [0.3, 0.4) is 0 Å². The number of carbonyl (C=O) groups excluding carboxylic acids is 1. The second kappa shape index (κ2) is 9.29. The van der Waals surface area contributed by atoms with E-state index >= 15 is 0 Å². The number of amides is 1. The lowest BCUT2D eigenvalue weighted by Crippen LogP contribution is -2.42. The number of hydrogen-bond donors (Lipinski definition) is 0. The van der Waals surface area contributed by atoms with E-state index in [1.807, 2.05) is 51.1 Å². The van der Waals surface area contributed by atoms with Gasteiger partial charge in [0.2, 0.25) is 0 Å². The van der Waals surface area contributed by atoms with Gasteiger partial charge in [-0.3, -0.25) is 0 Å². The van der Waals surface area contributed by atoms with Gasteiger partial charge in [0.05, 0.1) is 10.7 Å². The van der Waals surface area contributed by atoms with Crippen molar-refractivity contribution in [1.82, 2.24) is 19.7 Å². The van der Waals surface area contributed by atoms with E-state index in [2.05, 4.69) is 10.1 Å². The minimum atomic E-state index is -0.411. The molecule has 0 fully saturated rings. The molecule has 0 saturated carbocycles. The van der Waals surface area contributed by atoms with Crippen molar-refractivity contribution in [2.45, 2.75) is 42.8 Å². The van der Waals surface area contributed by atoms with Crippen LogP contribution in [0.15, 0.2) is 58.6 Å². The van der Waals surface area contributed by atoms with Crippen LogP contribution < -0.4 is 0 Å². The molecular weight excluding hydrogens is 443 g/mol. The predicted octanol–water partition coefficient (Wildman–Crippen LogP) is 6.09. The normalized spacial score (nSPS) is 11.4. The van der Waals surface area contributed by atoms with Gasteiger partial charge in [0, 0.05) is 23.7 Å². The van der Waals surface area contributed by atoms with Gasteiger partial charge in [-0.2, -0.15) is 5.10 Å². The number of benzene rings is 1. The lowest BCUT2D eigenvalue weighted by atomic mass is 10.1. The summed E-state index contributed by atoms with van der Waals surface area (Å²) in [6, 6.07) is 12.9. The molecule has 0 radical (unpaired) electrons. The largest absolute Gasteiger partial charge is 0.443 e. The summed E-state index contributed by atoms with van der Waals surface area (Å²) in [5, 5.41) is 6.41. The van der Waals surface area contributed by atoms with Gasteiger partial charge in [-0.15, -0.1) is 0 Å². The second-order valence-electron chi connectivity index (χ2n) is 7.54. The van der Waals surface area contributed by atoms with Crippen LogP contribution in [0.2, 0.25) is 10.2 Å². The predicted molar refractivity (Wildman–Crippen MR) is 120 cm³/mol. The molecule has 0 unspecified atom stereocenters. The first-order valence-electron chi connectivity index (χ1n) is 9.19. The Bertz CT molecular complexity index is 1030. The molecule has 0 atom stereocenters. The molecule has 3 rings (SSSR count). The highest BCUT2D eigenvalue weighted by Gasteiger charge is 2.24. The number of ether oxygens (including phenoxy) is 1. The highest BCUT2D eigenvalue weighted by molar-refractivity contribution is 7.99. The molecule has 0 bridgehead atoms. The van der Waals surface area contributed by atoms with Gasteiger partial charge in [-0.25, -0.2) is 14.5 Å². The van der Waals surface area contributed by atoms with Crippen LogP contribution in [0.4, 0.5) is 4.79 Å². The Labute approximate surface area is 190 Å². The molecule has 2 heterocycles. The van der Waals surface area contributed by atoms with Crippen LogP contribution in [-0.4, -0.2) is 38.3 Å². The molecule has 1 aromatic carbocycles. The van der Waals surface area contributed by atoms with Gasteiger partial charge in [0.25, 0.3) is 0 Å². The van der Waals surface area contributed by atoms with Gasteiger partial charge in [0.1, 0.15) is 22.5 Å². The van der Waals surface area contributed by atoms with Gasteiger partial charge >= 0.3 is 6.09 Å². The summed E-state index contributed by atoms with van der Waals surface area (Å²) in [5.41, 5.74) is 0.999. The molecule has 0 aliphatic heterocycles. The molecule has 6 nitrogen and oxygen atoms in total. The minimum Gasteiger partial charge on any atom is -0.443 e. The second-order valence-corrected chi connectivity index (χ2v) is 9.43. The summed E-state index contributed by atoms with van der Waals surface area (Å²) in [4.78, 5) is 18.9.